The van der Waals surface area contributed by atoms with Crippen molar-refractivity contribution in [2.75, 3.05) is 0 Å². The molecule has 4 heteroatoms. The topological polar surface area (TPSA) is 43.1 Å². The number of rotatable bonds is 2. The van der Waals surface area contributed by atoms with E-state index >= 15 is 0 Å². The van der Waals surface area contributed by atoms with Crippen LogP contribution in [0, 0.1) is 13.8 Å². The Hall–Kier alpha value is -3.01. The summed E-state index contributed by atoms with van der Waals surface area (Å²) >= 11 is 0. The van der Waals surface area contributed by atoms with Crippen LogP contribution in [0.5, 0.6) is 0 Å². The van der Waals surface area contributed by atoms with E-state index in [0.29, 0.717) is 0 Å². The zero-order valence-corrected chi connectivity index (χ0v) is 13.1. The van der Waals surface area contributed by atoms with Crippen LogP contribution in [0.3, 0.4) is 0 Å². The second-order valence-corrected chi connectivity index (χ2v) is 5.62. The monoisotopic (exact) mass is 300 g/mol. The molecule has 0 fully saturated rings. The molecule has 23 heavy (non-hydrogen) atoms. The molecule has 0 aliphatic rings. The van der Waals surface area contributed by atoms with Crippen molar-refractivity contribution in [3.05, 3.63) is 72.4 Å². The van der Waals surface area contributed by atoms with Gasteiger partial charge in [-0.05, 0) is 44.2 Å². The van der Waals surface area contributed by atoms with Crippen LogP contribution in [0.1, 0.15) is 11.4 Å². The Kier molecular flexibility index (Phi) is 3.15. The minimum atomic E-state index is 0.898. The lowest BCUT2D eigenvalue weighted by atomic mass is 10.0. The molecule has 112 valence electrons. The summed E-state index contributed by atoms with van der Waals surface area (Å²) in [5.74, 6) is 0. The van der Waals surface area contributed by atoms with Crippen molar-refractivity contribution in [3.63, 3.8) is 0 Å². The van der Waals surface area contributed by atoms with Crippen LogP contribution < -0.4 is 0 Å². The minimum absolute atomic E-state index is 0.898. The van der Waals surface area contributed by atoms with Gasteiger partial charge in [0.25, 0.3) is 0 Å². The van der Waals surface area contributed by atoms with Crippen molar-refractivity contribution in [2.24, 2.45) is 0 Å². The molecular weight excluding hydrogens is 284 g/mol. The number of fused-ring (bicyclic) bond motifs is 1. The van der Waals surface area contributed by atoms with E-state index < -0.39 is 0 Å². The predicted octanol–water partition coefficient (Wildman–Crippen LogP) is 4.08. The maximum Gasteiger partial charge on any atom is 0.136 e. The second kappa shape index (κ2) is 5.32. The molecule has 0 spiro atoms. The van der Waals surface area contributed by atoms with E-state index in [2.05, 4.69) is 28.3 Å². The van der Waals surface area contributed by atoms with Crippen LogP contribution in [-0.4, -0.2) is 19.4 Å². The first-order valence-electron chi connectivity index (χ1n) is 7.55. The summed E-state index contributed by atoms with van der Waals surface area (Å²) in [5.41, 5.74) is 6.88. The van der Waals surface area contributed by atoms with Gasteiger partial charge < -0.3 is 4.40 Å². The summed E-state index contributed by atoms with van der Waals surface area (Å²) in [6.45, 7) is 4.00. The van der Waals surface area contributed by atoms with Crippen LogP contribution in [0.15, 0.2) is 61.1 Å². The van der Waals surface area contributed by atoms with Gasteiger partial charge in [0.05, 0.1) is 11.4 Å². The van der Waals surface area contributed by atoms with Crippen molar-refractivity contribution in [1.29, 1.82) is 0 Å². The van der Waals surface area contributed by atoms with Crippen molar-refractivity contribution >= 4 is 5.65 Å². The molecule has 0 aliphatic carbocycles. The lowest BCUT2D eigenvalue weighted by molar-refractivity contribution is 1.14. The molecular formula is C19H16N4. The summed E-state index contributed by atoms with van der Waals surface area (Å²) in [7, 11) is 0. The fourth-order valence-electron chi connectivity index (χ4n) is 2.74. The third-order valence-electron chi connectivity index (χ3n) is 3.87. The molecule has 0 saturated heterocycles. The van der Waals surface area contributed by atoms with Crippen LogP contribution in [0.2, 0.25) is 0 Å². The molecule has 0 unspecified atom stereocenters. The highest BCUT2D eigenvalue weighted by atomic mass is 15.0. The molecule has 0 radical (unpaired) electrons. The Morgan fingerprint density at radius 1 is 0.870 bits per heavy atom. The predicted molar refractivity (Wildman–Crippen MR) is 91.1 cm³/mol. The highest BCUT2D eigenvalue weighted by Gasteiger charge is 2.11. The summed E-state index contributed by atoms with van der Waals surface area (Å²) < 4.78 is 2.02. The van der Waals surface area contributed by atoms with Gasteiger partial charge in [0.15, 0.2) is 0 Å². The number of aromatic nitrogens is 4. The van der Waals surface area contributed by atoms with E-state index in [1.54, 1.807) is 6.20 Å². The Morgan fingerprint density at radius 3 is 2.61 bits per heavy atom. The van der Waals surface area contributed by atoms with Gasteiger partial charge in [0.2, 0.25) is 0 Å². The number of hydrogen-bond acceptors (Lipinski definition) is 3. The van der Waals surface area contributed by atoms with Crippen molar-refractivity contribution in [3.8, 4) is 22.5 Å². The van der Waals surface area contributed by atoms with Gasteiger partial charge in [-0.15, -0.1) is 0 Å². The smallest absolute Gasteiger partial charge is 0.136 e. The Morgan fingerprint density at radius 2 is 1.74 bits per heavy atom. The maximum absolute atomic E-state index is 4.74. The average Bonchev–Trinajstić information content (AvgIpc) is 3.02. The van der Waals surface area contributed by atoms with Gasteiger partial charge in [-0.1, -0.05) is 12.1 Å². The summed E-state index contributed by atoms with van der Waals surface area (Å²) in [5, 5.41) is 0. The molecule has 4 heterocycles. The maximum atomic E-state index is 4.74. The molecule has 0 N–H and O–H groups in total. The number of aryl methyl sites for hydroxylation is 2. The zero-order valence-electron chi connectivity index (χ0n) is 13.1. The average molecular weight is 300 g/mol. The lowest BCUT2D eigenvalue weighted by Gasteiger charge is -2.10. The molecule has 4 aromatic rings. The second-order valence-electron chi connectivity index (χ2n) is 5.62. The standard InChI is InChI=1S/C19H16N4/c1-13-4-3-5-17(21-13)19-16(8-6-14(2)22-19)15-7-9-18-20-10-11-23(18)12-15/h3-12H,1-2H3. The highest BCUT2D eigenvalue weighted by molar-refractivity contribution is 5.79. The SMILES string of the molecule is Cc1cccc(-c2nc(C)ccc2-c2ccc3nccn3c2)n1. The number of pyridine rings is 3. The minimum Gasteiger partial charge on any atom is -0.306 e. The third kappa shape index (κ3) is 2.48. The molecule has 0 atom stereocenters. The summed E-state index contributed by atoms with van der Waals surface area (Å²) in [6, 6.07) is 14.3. The van der Waals surface area contributed by atoms with Gasteiger partial charge in [-0.3, -0.25) is 9.97 Å². The van der Waals surface area contributed by atoms with Crippen LogP contribution in [-0.2, 0) is 0 Å². The molecule has 0 aromatic carbocycles. The van der Waals surface area contributed by atoms with E-state index in [-0.39, 0.29) is 0 Å². The van der Waals surface area contributed by atoms with Gasteiger partial charge >= 0.3 is 0 Å². The van der Waals surface area contributed by atoms with E-state index in [9.17, 15) is 0 Å². The van der Waals surface area contributed by atoms with Crippen LogP contribution in [0.4, 0.5) is 0 Å². The molecule has 0 saturated carbocycles. The molecule has 4 nitrogen and oxygen atoms in total. The molecule has 0 aliphatic heterocycles. The van der Waals surface area contributed by atoms with Crippen LogP contribution >= 0.6 is 0 Å². The first-order valence-corrected chi connectivity index (χ1v) is 7.55. The lowest BCUT2D eigenvalue weighted by Crippen LogP contribution is -1.96. The van der Waals surface area contributed by atoms with Gasteiger partial charge in [0, 0.05) is 41.1 Å². The summed E-state index contributed by atoms with van der Waals surface area (Å²) in [6.07, 6.45) is 5.83. The van der Waals surface area contributed by atoms with Gasteiger partial charge in [-0.2, -0.15) is 0 Å². The van der Waals surface area contributed by atoms with Gasteiger partial charge in [-0.25, -0.2) is 4.98 Å². The summed E-state index contributed by atoms with van der Waals surface area (Å²) in [4.78, 5) is 13.7. The fraction of sp³-hybridized carbons (Fsp3) is 0.105. The molecule has 0 amide bonds. The first-order chi connectivity index (χ1) is 11.2. The first kappa shape index (κ1) is 13.6. The fourth-order valence-corrected chi connectivity index (χ4v) is 2.74. The van der Waals surface area contributed by atoms with Crippen molar-refractivity contribution in [1.82, 2.24) is 19.4 Å². The van der Waals surface area contributed by atoms with Crippen molar-refractivity contribution < 1.29 is 0 Å². The molecule has 4 rings (SSSR count). The van der Waals surface area contributed by atoms with E-state index in [0.717, 1.165) is 39.5 Å². The van der Waals surface area contributed by atoms with Crippen molar-refractivity contribution in [2.45, 2.75) is 13.8 Å². The van der Waals surface area contributed by atoms with Gasteiger partial charge in [0.1, 0.15) is 5.65 Å². The molecule has 0 bridgehead atoms. The van der Waals surface area contributed by atoms with E-state index in [1.165, 1.54) is 0 Å². The Labute approximate surface area is 134 Å². The third-order valence-corrected chi connectivity index (χ3v) is 3.87. The number of imidazole rings is 1. The zero-order chi connectivity index (χ0) is 15.8. The largest absolute Gasteiger partial charge is 0.306 e. The number of nitrogens with zero attached hydrogens (tertiary/aromatic N) is 4. The van der Waals surface area contributed by atoms with E-state index in [4.69, 9.17) is 4.98 Å². The Balaban J connectivity index is 1.94. The Bertz CT molecular complexity index is 1000. The highest BCUT2D eigenvalue weighted by Crippen LogP contribution is 2.30. The number of hydrogen-bond donors (Lipinski definition) is 0. The van der Waals surface area contributed by atoms with E-state index in [1.807, 2.05) is 54.8 Å². The van der Waals surface area contributed by atoms with Crippen LogP contribution in [0.25, 0.3) is 28.2 Å². The molecule has 4 aromatic heterocycles. The quantitative estimate of drug-likeness (QED) is 0.560. The normalized spacial score (nSPS) is 11.0.